The number of carbonyl (C=O) groups excluding carboxylic acids is 1. The molecule has 2 rings (SSSR count). The number of hydrogen-bond donors (Lipinski definition) is 2. The number of carbonyl (C=O) groups is 1. The van der Waals surface area contributed by atoms with Gasteiger partial charge in [0.25, 0.3) is 5.91 Å². The van der Waals surface area contributed by atoms with E-state index in [-0.39, 0.29) is 5.91 Å². The summed E-state index contributed by atoms with van der Waals surface area (Å²) >= 11 is 0. The maximum absolute atomic E-state index is 12.0. The van der Waals surface area contributed by atoms with Crippen molar-refractivity contribution in [2.24, 2.45) is 0 Å². The molecule has 1 amide bonds. The van der Waals surface area contributed by atoms with Gasteiger partial charge in [-0.2, -0.15) is 0 Å². The minimum absolute atomic E-state index is 0.291. The van der Waals surface area contributed by atoms with Crippen LogP contribution in [-0.4, -0.2) is 27.9 Å². The van der Waals surface area contributed by atoms with Gasteiger partial charge in [-0.25, -0.2) is 9.97 Å². The van der Waals surface area contributed by atoms with E-state index in [1.54, 1.807) is 25.4 Å². The van der Waals surface area contributed by atoms with Gasteiger partial charge < -0.3 is 5.32 Å². The highest BCUT2D eigenvalue weighted by Gasteiger charge is 2.10. The van der Waals surface area contributed by atoms with Crippen molar-refractivity contribution in [3.63, 3.8) is 0 Å². The Morgan fingerprint density at radius 2 is 1.84 bits per heavy atom. The molecular formula is C13H15N5O. The summed E-state index contributed by atoms with van der Waals surface area (Å²) in [6.45, 7) is 3.70. The molecule has 6 heteroatoms. The number of aromatic nitrogens is 3. The third kappa shape index (κ3) is 3.25. The van der Waals surface area contributed by atoms with E-state index in [0.717, 1.165) is 17.1 Å². The molecule has 0 unspecified atom stereocenters. The number of nitrogens with zero attached hydrogens (tertiary/aromatic N) is 3. The topological polar surface area (TPSA) is 79.8 Å². The van der Waals surface area contributed by atoms with Crippen molar-refractivity contribution in [1.29, 1.82) is 0 Å². The Bertz CT molecular complexity index is 591. The van der Waals surface area contributed by atoms with E-state index in [4.69, 9.17) is 0 Å². The van der Waals surface area contributed by atoms with Gasteiger partial charge in [0.2, 0.25) is 5.95 Å². The Labute approximate surface area is 111 Å². The molecule has 0 spiro atoms. The van der Waals surface area contributed by atoms with Crippen LogP contribution in [0.15, 0.2) is 24.4 Å². The molecule has 0 radical (unpaired) electrons. The van der Waals surface area contributed by atoms with Crippen molar-refractivity contribution < 1.29 is 4.79 Å². The smallest absolute Gasteiger partial charge is 0.276 e. The van der Waals surface area contributed by atoms with Gasteiger partial charge in [0.1, 0.15) is 5.69 Å². The second kappa shape index (κ2) is 5.43. The molecule has 0 atom stereocenters. The maximum atomic E-state index is 12.0. The van der Waals surface area contributed by atoms with Crippen LogP contribution in [0.3, 0.4) is 0 Å². The Morgan fingerprint density at radius 1 is 1.16 bits per heavy atom. The summed E-state index contributed by atoms with van der Waals surface area (Å²) in [6.07, 6.45) is 1.57. The largest absolute Gasteiger partial charge is 0.388 e. The quantitative estimate of drug-likeness (QED) is 0.876. The molecule has 2 heterocycles. The first-order valence-electron chi connectivity index (χ1n) is 5.86. The van der Waals surface area contributed by atoms with E-state index in [2.05, 4.69) is 25.6 Å². The van der Waals surface area contributed by atoms with Gasteiger partial charge in [0.15, 0.2) is 0 Å². The first-order valence-corrected chi connectivity index (χ1v) is 5.86. The van der Waals surface area contributed by atoms with Crippen molar-refractivity contribution in [2.75, 3.05) is 17.7 Å². The Morgan fingerprint density at radius 3 is 2.47 bits per heavy atom. The van der Waals surface area contributed by atoms with Gasteiger partial charge in [-0.1, -0.05) is 0 Å². The lowest BCUT2D eigenvalue weighted by Gasteiger charge is -2.06. The monoisotopic (exact) mass is 257 g/mol. The third-order valence-corrected chi connectivity index (χ3v) is 2.49. The maximum Gasteiger partial charge on any atom is 0.276 e. The zero-order valence-electron chi connectivity index (χ0n) is 11.1. The van der Waals surface area contributed by atoms with Crippen molar-refractivity contribution in [1.82, 2.24) is 15.0 Å². The lowest BCUT2D eigenvalue weighted by molar-refractivity contribution is 0.102. The van der Waals surface area contributed by atoms with Gasteiger partial charge >= 0.3 is 0 Å². The van der Waals surface area contributed by atoms with E-state index < -0.39 is 0 Å². The zero-order valence-corrected chi connectivity index (χ0v) is 11.1. The Balaban J connectivity index is 2.20. The predicted octanol–water partition coefficient (Wildman–Crippen LogP) is 1.78. The van der Waals surface area contributed by atoms with Crippen LogP contribution in [0.4, 0.5) is 11.6 Å². The molecule has 0 saturated heterocycles. The molecule has 0 aliphatic heterocycles. The lowest BCUT2D eigenvalue weighted by atomic mass is 10.3. The average Bonchev–Trinajstić information content (AvgIpc) is 2.37. The Kier molecular flexibility index (Phi) is 3.70. The summed E-state index contributed by atoms with van der Waals surface area (Å²) in [5, 5.41) is 5.59. The van der Waals surface area contributed by atoms with Crippen LogP contribution >= 0.6 is 0 Å². The van der Waals surface area contributed by atoms with Gasteiger partial charge in [0.05, 0.1) is 0 Å². The molecule has 0 aromatic carbocycles. The second-order valence-electron chi connectivity index (χ2n) is 4.11. The van der Waals surface area contributed by atoms with Crippen molar-refractivity contribution in [2.45, 2.75) is 13.8 Å². The van der Waals surface area contributed by atoms with Crippen molar-refractivity contribution in [3.8, 4) is 0 Å². The van der Waals surface area contributed by atoms with Crippen molar-refractivity contribution in [3.05, 3.63) is 41.5 Å². The fourth-order valence-electron chi connectivity index (χ4n) is 1.66. The molecule has 2 aromatic rings. The summed E-state index contributed by atoms with van der Waals surface area (Å²) < 4.78 is 0. The van der Waals surface area contributed by atoms with Crippen molar-refractivity contribution >= 4 is 17.5 Å². The third-order valence-electron chi connectivity index (χ3n) is 2.49. The van der Waals surface area contributed by atoms with Gasteiger partial charge in [-0.3, -0.25) is 15.1 Å². The number of hydrogen-bond acceptors (Lipinski definition) is 5. The molecule has 98 valence electrons. The van der Waals surface area contributed by atoms with Gasteiger partial charge in [-0.05, 0) is 32.0 Å². The van der Waals surface area contributed by atoms with Crippen LogP contribution in [-0.2, 0) is 0 Å². The number of anilines is 2. The van der Waals surface area contributed by atoms with E-state index in [1.165, 1.54) is 0 Å². The van der Waals surface area contributed by atoms with E-state index >= 15 is 0 Å². The second-order valence-corrected chi connectivity index (χ2v) is 4.11. The van der Waals surface area contributed by atoms with Gasteiger partial charge in [-0.15, -0.1) is 0 Å². The first-order chi connectivity index (χ1) is 9.08. The molecule has 0 saturated carbocycles. The van der Waals surface area contributed by atoms with E-state index in [0.29, 0.717) is 11.6 Å². The molecule has 0 bridgehead atoms. The number of rotatable bonds is 3. The van der Waals surface area contributed by atoms with Crippen LogP contribution < -0.4 is 10.6 Å². The van der Waals surface area contributed by atoms with Crippen LogP contribution in [0.5, 0.6) is 0 Å². The molecule has 2 N–H and O–H groups in total. The van der Waals surface area contributed by atoms with Crippen LogP contribution in [0.2, 0.25) is 0 Å². The summed E-state index contributed by atoms with van der Waals surface area (Å²) in [6, 6.07) is 5.29. The minimum atomic E-state index is -0.331. The molecule has 6 nitrogen and oxygen atoms in total. The summed E-state index contributed by atoms with van der Waals surface area (Å²) in [5.74, 6) is -0.0405. The molecular weight excluding hydrogens is 242 g/mol. The van der Waals surface area contributed by atoms with Crippen LogP contribution in [0.1, 0.15) is 21.9 Å². The highest BCUT2D eigenvalue weighted by atomic mass is 16.2. The Hall–Kier alpha value is -2.50. The van der Waals surface area contributed by atoms with Crippen LogP contribution in [0.25, 0.3) is 0 Å². The molecule has 0 fully saturated rings. The predicted molar refractivity (Wildman–Crippen MR) is 73.2 cm³/mol. The molecule has 19 heavy (non-hydrogen) atoms. The fraction of sp³-hybridized carbons (Fsp3) is 0.231. The van der Waals surface area contributed by atoms with Gasteiger partial charge in [0, 0.05) is 30.3 Å². The zero-order chi connectivity index (χ0) is 13.8. The number of aryl methyl sites for hydroxylation is 2. The highest BCUT2D eigenvalue weighted by molar-refractivity contribution is 6.02. The first kappa shape index (κ1) is 12.9. The fourth-order valence-corrected chi connectivity index (χ4v) is 1.66. The molecule has 2 aromatic heterocycles. The van der Waals surface area contributed by atoms with E-state index in [9.17, 15) is 4.79 Å². The van der Waals surface area contributed by atoms with E-state index in [1.807, 2.05) is 19.9 Å². The molecule has 0 aliphatic rings. The number of amides is 1. The average molecular weight is 257 g/mol. The summed E-state index contributed by atoms with van der Waals surface area (Å²) in [5.41, 5.74) is 2.75. The summed E-state index contributed by atoms with van der Waals surface area (Å²) in [4.78, 5) is 24.4. The number of nitrogens with one attached hydrogen (secondary N) is 2. The highest BCUT2D eigenvalue weighted by Crippen LogP contribution is 2.09. The summed E-state index contributed by atoms with van der Waals surface area (Å²) in [7, 11) is 1.78. The standard InChI is InChI=1S/C13H15N5O/c1-8-6-9(2)17-13(16-8)18-12(19)11-7-10(14-3)4-5-15-11/h4-7H,1-3H3,(H,14,15)(H,16,17,18,19). The normalized spacial score (nSPS) is 10.1. The number of pyridine rings is 1. The minimum Gasteiger partial charge on any atom is -0.388 e. The lowest BCUT2D eigenvalue weighted by Crippen LogP contribution is -2.16. The molecule has 0 aliphatic carbocycles. The van der Waals surface area contributed by atoms with Crippen LogP contribution in [0, 0.1) is 13.8 Å². The SMILES string of the molecule is CNc1ccnc(C(=O)Nc2nc(C)cc(C)n2)c1.